The minimum atomic E-state index is -0.373. The van der Waals surface area contributed by atoms with Gasteiger partial charge in [0.05, 0.1) is 5.02 Å². The first-order valence-electron chi connectivity index (χ1n) is 5.91. The van der Waals surface area contributed by atoms with Crippen molar-refractivity contribution in [2.24, 2.45) is 0 Å². The molecule has 0 aliphatic carbocycles. The Kier molecular flexibility index (Phi) is 5.66. The molecule has 1 nitrogen and oxygen atoms in total. The Hall–Kier alpha value is -0.860. The molecule has 3 heteroatoms. The van der Waals surface area contributed by atoms with E-state index in [0.29, 0.717) is 6.04 Å². The van der Waals surface area contributed by atoms with Crippen LogP contribution in [0.4, 0.5) is 4.39 Å². The topological polar surface area (TPSA) is 12.0 Å². The van der Waals surface area contributed by atoms with Crippen LogP contribution >= 0.6 is 11.6 Å². The predicted molar refractivity (Wildman–Crippen MR) is 72.8 cm³/mol. The van der Waals surface area contributed by atoms with E-state index in [1.807, 2.05) is 19.1 Å². The zero-order chi connectivity index (χ0) is 12.8. The molecule has 1 unspecified atom stereocenters. The minimum absolute atomic E-state index is 0.164. The highest BCUT2D eigenvalue weighted by Gasteiger charge is 2.04. The van der Waals surface area contributed by atoms with Crippen LogP contribution in [0.5, 0.6) is 0 Å². The standard InChI is InChI=1S/C14H19ClFN/c1-4-7-17-11(3)10(2)8-12-5-6-13(15)14(16)9-12/h5-6,8-9,11,17H,4,7H2,1-3H3/b10-8+. The van der Waals surface area contributed by atoms with E-state index < -0.39 is 0 Å². The molecule has 0 fully saturated rings. The van der Waals surface area contributed by atoms with Gasteiger partial charge in [-0.2, -0.15) is 0 Å². The molecule has 0 saturated carbocycles. The molecule has 1 atom stereocenters. The van der Waals surface area contributed by atoms with Crippen molar-refractivity contribution in [3.63, 3.8) is 0 Å². The molecule has 0 heterocycles. The molecule has 0 aliphatic rings. The first-order chi connectivity index (χ1) is 8.04. The van der Waals surface area contributed by atoms with E-state index in [9.17, 15) is 4.39 Å². The van der Waals surface area contributed by atoms with Crippen LogP contribution < -0.4 is 5.32 Å². The SMILES string of the molecule is CCCNC(C)/C(C)=C/c1ccc(Cl)c(F)c1. The van der Waals surface area contributed by atoms with E-state index in [4.69, 9.17) is 11.6 Å². The van der Waals surface area contributed by atoms with Gasteiger partial charge in [0.1, 0.15) is 5.82 Å². The normalized spacial score (nSPS) is 13.8. The third-order valence-electron chi connectivity index (χ3n) is 2.72. The zero-order valence-corrected chi connectivity index (χ0v) is 11.3. The molecule has 0 amide bonds. The molecule has 0 aliphatic heterocycles. The van der Waals surface area contributed by atoms with Gasteiger partial charge in [0.2, 0.25) is 0 Å². The fourth-order valence-electron chi connectivity index (χ4n) is 1.51. The van der Waals surface area contributed by atoms with Crippen molar-refractivity contribution in [2.45, 2.75) is 33.2 Å². The molecule has 17 heavy (non-hydrogen) atoms. The fraction of sp³-hybridized carbons (Fsp3) is 0.429. The number of nitrogens with one attached hydrogen (secondary N) is 1. The molecule has 0 spiro atoms. The summed E-state index contributed by atoms with van der Waals surface area (Å²) in [6.45, 7) is 7.27. The molecular formula is C14H19ClFN. The maximum Gasteiger partial charge on any atom is 0.142 e. The Morgan fingerprint density at radius 3 is 2.82 bits per heavy atom. The van der Waals surface area contributed by atoms with E-state index >= 15 is 0 Å². The van der Waals surface area contributed by atoms with Crippen molar-refractivity contribution in [3.8, 4) is 0 Å². The Bertz CT molecular complexity index is 401. The highest BCUT2D eigenvalue weighted by Crippen LogP contribution is 2.18. The van der Waals surface area contributed by atoms with Crippen LogP contribution in [0.3, 0.4) is 0 Å². The maximum atomic E-state index is 13.3. The Labute approximate surface area is 108 Å². The van der Waals surface area contributed by atoms with Crippen LogP contribution in [0.15, 0.2) is 23.8 Å². The van der Waals surface area contributed by atoms with E-state index in [1.54, 1.807) is 6.07 Å². The van der Waals surface area contributed by atoms with Crippen molar-refractivity contribution in [2.75, 3.05) is 6.54 Å². The average molecular weight is 256 g/mol. The minimum Gasteiger partial charge on any atom is -0.311 e. The zero-order valence-electron chi connectivity index (χ0n) is 10.6. The summed E-state index contributed by atoms with van der Waals surface area (Å²) >= 11 is 5.64. The quantitative estimate of drug-likeness (QED) is 0.829. The molecular weight excluding hydrogens is 237 g/mol. The molecule has 0 bridgehead atoms. The summed E-state index contributed by atoms with van der Waals surface area (Å²) in [4.78, 5) is 0. The van der Waals surface area contributed by atoms with Crippen LogP contribution in [0.1, 0.15) is 32.8 Å². The molecule has 1 aromatic rings. The van der Waals surface area contributed by atoms with Crippen molar-refractivity contribution in [1.29, 1.82) is 0 Å². The second-order valence-electron chi connectivity index (χ2n) is 4.24. The number of hydrogen-bond acceptors (Lipinski definition) is 1. The van der Waals surface area contributed by atoms with Crippen molar-refractivity contribution in [3.05, 3.63) is 40.2 Å². The molecule has 1 N–H and O–H groups in total. The predicted octanol–water partition coefficient (Wildman–Crippen LogP) is 4.27. The lowest BCUT2D eigenvalue weighted by Crippen LogP contribution is -2.27. The molecule has 0 radical (unpaired) electrons. The lowest BCUT2D eigenvalue weighted by molar-refractivity contribution is 0.604. The van der Waals surface area contributed by atoms with Gasteiger partial charge in [-0.05, 0) is 44.5 Å². The van der Waals surface area contributed by atoms with Crippen molar-refractivity contribution >= 4 is 17.7 Å². The number of benzene rings is 1. The van der Waals surface area contributed by atoms with Crippen LogP contribution in [-0.2, 0) is 0 Å². The summed E-state index contributed by atoms with van der Waals surface area (Å²) in [5.41, 5.74) is 2.02. The number of rotatable bonds is 5. The van der Waals surface area contributed by atoms with Gasteiger partial charge in [-0.1, -0.05) is 36.2 Å². The van der Waals surface area contributed by atoms with Crippen LogP contribution in [0.2, 0.25) is 5.02 Å². The lowest BCUT2D eigenvalue weighted by Gasteiger charge is -2.14. The van der Waals surface area contributed by atoms with Crippen LogP contribution in [0, 0.1) is 5.82 Å². The maximum absolute atomic E-state index is 13.3. The fourth-order valence-corrected chi connectivity index (χ4v) is 1.63. The number of hydrogen-bond donors (Lipinski definition) is 1. The van der Waals surface area contributed by atoms with Gasteiger partial charge in [0, 0.05) is 6.04 Å². The summed E-state index contributed by atoms with van der Waals surface area (Å²) in [7, 11) is 0. The molecule has 94 valence electrons. The van der Waals surface area contributed by atoms with E-state index in [0.717, 1.165) is 18.5 Å². The van der Waals surface area contributed by atoms with Gasteiger partial charge in [0.15, 0.2) is 0 Å². The van der Waals surface area contributed by atoms with Gasteiger partial charge < -0.3 is 5.32 Å². The average Bonchev–Trinajstić information content (AvgIpc) is 2.30. The Morgan fingerprint density at radius 1 is 1.53 bits per heavy atom. The van der Waals surface area contributed by atoms with Crippen LogP contribution in [0.25, 0.3) is 6.08 Å². The third-order valence-corrected chi connectivity index (χ3v) is 3.03. The molecule has 1 aromatic carbocycles. The van der Waals surface area contributed by atoms with Gasteiger partial charge in [-0.15, -0.1) is 0 Å². The largest absolute Gasteiger partial charge is 0.311 e. The second kappa shape index (κ2) is 6.77. The Morgan fingerprint density at radius 2 is 2.24 bits per heavy atom. The molecule has 1 rings (SSSR count). The summed E-state index contributed by atoms with van der Waals surface area (Å²) in [6.07, 6.45) is 3.08. The van der Waals surface area contributed by atoms with Crippen molar-refractivity contribution < 1.29 is 4.39 Å². The van der Waals surface area contributed by atoms with Gasteiger partial charge >= 0.3 is 0 Å². The summed E-state index contributed by atoms with van der Waals surface area (Å²) in [5, 5.41) is 3.55. The number of halogens is 2. The highest BCUT2D eigenvalue weighted by atomic mass is 35.5. The van der Waals surface area contributed by atoms with Crippen LogP contribution in [-0.4, -0.2) is 12.6 Å². The summed E-state index contributed by atoms with van der Waals surface area (Å²) < 4.78 is 13.3. The first kappa shape index (κ1) is 14.2. The van der Waals surface area contributed by atoms with E-state index in [1.165, 1.54) is 11.6 Å². The smallest absolute Gasteiger partial charge is 0.142 e. The lowest BCUT2D eigenvalue weighted by atomic mass is 10.1. The summed E-state index contributed by atoms with van der Waals surface area (Å²) in [5.74, 6) is -0.373. The van der Waals surface area contributed by atoms with E-state index in [-0.39, 0.29) is 10.8 Å². The van der Waals surface area contributed by atoms with E-state index in [2.05, 4.69) is 19.2 Å². The summed E-state index contributed by atoms with van der Waals surface area (Å²) in [6, 6.07) is 5.16. The first-order valence-corrected chi connectivity index (χ1v) is 6.29. The van der Waals surface area contributed by atoms with Gasteiger partial charge in [-0.25, -0.2) is 4.39 Å². The van der Waals surface area contributed by atoms with Gasteiger partial charge in [0.25, 0.3) is 0 Å². The van der Waals surface area contributed by atoms with Gasteiger partial charge in [-0.3, -0.25) is 0 Å². The molecule has 0 aromatic heterocycles. The second-order valence-corrected chi connectivity index (χ2v) is 4.64. The molecule has 0 saturated heterocycles. The third kappa shape index (κ3) is 4.49. The highest BCUT2D eigenvalue weighted by molar-refractivity contribution is 6.30. The Balaban J connectivity index is 2.76. The van der Waals surface area contributed by atoms with Crippen molar-refractivity contribution in [1.82, 2.24) is 5.32 Å². The monoisotopic (exact) mass is 255 g/mol.